The Morgan fingerprint density at radius 2 is 2.11 bits per heavy atom. The number of hydrogen-bond acceptors (Lipinski definition) is 2. The molecule has 0 unspecified atom stereocenters. The lowest BCUT2D eigenvalue weighted by molar-refractivity contribution is 0.0532. The maximum atomic E-state index is 13.3. The van der Waals surface area contributed by atoms with Crippen LogP contribution in [0.3, 0.4) is 0 Å². The first-order valence-corrected chi connectivity index (χ1v) is 6.72. The zero-order valence-corrected chi connectivity index (χ0v) is 11.1. The van der Waals surface area contributed by atoms with Crippen molar-refractivity contribution >= 4 is 10.9 Å². The predicted molar refractivity (Wildman–Crippen MR) is 73.8 cm³/mol. The molecule has 4 heteroatoms. The van der Waals surface area contributed by atoms with Crippen LogP contribution in [0.15, 0.2) is 18.2 Å². The lowest BCUT2D eigenvalue weighted by atomic mass is 9.73. The fourth-order valence-electron chi connectivity index (χ4n) is 3.31. The summed E-state index contributed by atoms with van der Waals surface area (Å²) in [7, 11) is 0. The van der Waals surface area contributed by atoms with Gasteiger partial charge in [0.05, 0.1) is 0 Å². The van der Waals surface area contributed by atoms with Crippen molar-refractivity contribution in [3.8, 4) is 0 Å². The quantitative estimate of drug-likeness (QED) is 0.874. The highest BCUT2D eigenvalue weighted by Gasteiger charge is 2.36. The molecule has 0 bridgehead atoms. The molecule has 0 saturated carbocycles. The molecule has 19 heavy (non-hydrogen) atoms. The molecule has 3 N–H and O–H groups in total. The van der Waals surface area contributed by atoms with Gasteiger partial charge in [0.15, 0.2) is 0 Å². The second-order valence-corrected chi connectivity index (χ2v) is 5.41. The predicted octanol–water partition coefficient (Wildman–Crippen LogP) is 2.62. The van der Waals surface area contributed by atoms with E-state index < -0.39 is 0 Å². The van der Waals surface area contributed by atoms with Crippen molar-refractivity contribution in [2.75, 3.05) is 19.8 Å². The number of halogens is 1. The van der Waals surface area contributed by atoms with E-state index in [0.717, 1.165) is 42.7 Å². The van der Waals surface area contributed by atoms with E-state index >= 15 is 0 Å². The number of hydrogen-bond donors (Lipinski definition) is 2. The van der Waals surface area contributed by atoms with Crippen molar-refractivity contribution in [1.82, 2.24) is 4.98 Å². The third-order valence-corrected chi connectivity index (χ3v) is 4.32. The van der Waals surface area contributed by atoms with Crippen LogP contribution in [-0.4, -0.2) is 24.7 Å². The van der Waals surface area contributed by atoms with Crippen LogP contribution in [0, 0.1) is 12.7 Å². The standard InChI is InChI=1S/C15H19FN2O/c1-10-14(15(9-17)4-6-19-7-5-15)12-3-2-11(16)8-13(12)18-10/h2-3,8,18H,4-7,9,17H2,1H3. The number of rotatable bonds is 2. The Morgan fingerprint density at radius 3 is 2.79 bits per heavy atom. The van der Waals surface area contributed by atoms with Crippen LogP contribution in [0.25, 0.3) is 10.9 Å². The highest BCUT2D eigenvalue weighted by atomic mass is 19.1. The van der Waals surface area contributed by atoms with Crippen molar-refractivity contribution < 1.29 is 9.13 Å². The summed E-state index contributed by atoms with van der Waals surface area (Å²) in [6.45, 7) is 4.12. The summed E-state index contributed by atoms with van der Waals surface area (Å²) in [5.74, 6) is -0.214. The van der Waals surface area contributed by atoms with Crippen LogP contribution >= 0.6 is 0 Å². The number of aryl methyl sites for hydroxylation is 1. The summed E-state index contributed by atoms with van der Waals surface area (Å²) in [6, 6.07) is 4.93. The van der Waals surface area contributed by atoms with E-state index in [9.17, 15) is 4.39 Å². The Hall–Kier alpha value is -1.39. The molecule has 0 amide bonds. The molecule has 1 saturated heterocycles. The van der Waals surface area contributed by atoms with Gasteiger partial charge in [-0.2, -0.15) is 0 Å². The van der Waals surface area contributed by atoms with Gasteiger partial charge in [0.25, 0.3) is 0 Å². The second kappa shape index (κ2) is 4.62. The smallest absolute Gasteiger partial charge is 0.125 e. The minimum atomic E-state index is -0.214. The first-order valence-electron chi connectivity index (χ1n) is 6.72. The van der Waals surface area contributed by atoms with Crippen molar-refractivity contribution in [1.29, 1.82) is 0 Å². The zero-order chi connectivity index (χ0) is 13.5. The average molecular weight is 262 g/mol. The Kier molecular flexibility index (Phi) is 3.07. The van der Waals surface area contributed by atoms with E-state index in [2.05, 4.69) is 4.98 Å². The van der Waals surface area contributed by atoms with E-state index in [0.29, 0.717) is 6.54 Å². The van der Waals surface area contributed by atoms with Gasteiger partial charge in [0, 0.05) is 41.8 Å². The number of aromatic nitrogens is 1. The normalized spacial score (nSPS) is 18.9. The number of benzene rings is 1. The van der Waals surface area contributed by atoms with E-state index in [1.807, 2.05) is 13.0 Å². The number of ether oxygens (including phenoxy) is 1. The molecule has 102 valence electrons. The molecule has 3 rings (SSSR count). The molecule has 1 aliphatic heterocycles. The molecule has 0 spiro atoms. The molecule has 2 aromatic rings. The Bertz CT molecular complexity index is 599. The van der Waals surface area contributed by atoms with Crippen LogP contribution in [0.4, 0.5) is 4.39 Å². The molecular formula is C15H19FN2O. The fourth-order valence-corrected chi connectivity index (χ4v) is 3.31. The lowest BCUT2D eigenvalue weighted by Gasteiger charge is -2.37. The van der Waals surface area contributed by atoms with Gasteiger partial charge in [-0.25, -0.2) is 4.39 Å². The Morgan fingerprint density at radius 1 is 1.37 bits per heavy atom. The number of nitrogens with two attached hydrogens (primary N) is 1. The van der Waals surface area contributed by atoms with Gasteiger partial charge >= 0.3 is 0 Å². The van der Waals surface area contributed by atoms with Gasteiger partial charge < -0.3 is 15.5 Å². The van der Waals surface area contributed by atoms with Gasteiger partial charge in [-0.15, -0.1) is 0 Å². The molecule has 1 aromatic heterocycles. The molecule has 3 nitrogen and oxygen atoms in total. The molecule has 1 aliphatic rings. The summed E-state index contributed by atoms with van der Waals surface area (Å²) in [5, 5.41) is 1.09. The highest BCUT2D eigenvalue weighted by molar-refractivity contribution is 5.86. The molecule has 0 atom stereocenters. The molecule has 0 aliphatic carbocycles. The summed E-state index contributed by atoms with van der Waals surface area (Å²) < 4.78 is 18.8. The Labute approximate surface area is 111 Å². The van der Waals surface area contributed by atoms with E-state index in [4.69, 9.17) is 10.5 Å². The number of nitrogens with one attached hydrogen (secondary N) is 1. The number of H-pyrrole nitrogens is 1. The first-order chi connectivity index (χ1) is 9.16. The summed E-state index contributed by atoms with van der Waals surface area (Å²) in [5.41, 5.74) is 9.22. The van der Waals surface area contributed by atoms with E-state index in [1.54, 1.807) is 6.07 Å². The largest absolute Gasteiger partial charge is 0.381 e. The maximum absolute atomic E-state index is 13.3. The molecular weight excluding hydrogens is 243 g/mol. The third kappa shape index (κ3) is 1.95. The van der Waals surface area contributed by atoms with Crippen LogP contribution < -0.4 is 5.73 Å². The number of aromatic amines is 1. The van der Waals surface area contributed by atoms with Crippen molar-refractivity contribution in [2.24, 2.45) is 5.73 Å². The molecule has 1 fully saturated rings. The van der Waals surface area contributed by atoms with Crippen molar-refractivity contribution in [3.63, 3.8) is 0 Å². The SMILES string of the molecule is Cc1[nH]c2cc(F)ccc2c1C1(CN)CCOCC1. The monoisotopic (exact) mass is 262 g/mol. The zero-order valence-electron chi connectivity index (χ0n) is 11.1. The Balaban J connectivity index is 2.20. The number of fused-ring (bicyclic) bond motifs is 1. The summed E-state index contributed by atoms with van der Waals surface area (Å²) >= 11 is 0. The average Bonchev–Trinajstić information content (AvgIpc) is 2.75. The van der Waals surface area contributed by atoms with E-state index in [1.165, 1.54) is 11.6 Å². The topological polar surface area (TPSA) is 51.0 Å². The molecule has 0 radical (unpaired) electrons. The van der Waals surface area contributed by atoms with Gasteiger partial charge in [0.2, 0.25) is 0 Å². The van der Waals surface area contributed by atoms with Gasteiger partial charge in [-0.1, -0.05) is 0 Å². The maximum Gasteiger partial charge on any atom is 0.125 e. The second-order valence-electron chi connectivity index (χ2n) is 5.41. The van der Waals surface area contributed by atoms with Crippen molar-refractivity contribution in [3.05, 3.63) is 35.3 Å². The van der Waals surface area contributed by atoms with Gasteiger partial charge in [-0.3, -0.25) is 0 Å². The van der Waals surface area contributed by atoms with Crippen LogP contribution in [-0.2, 0) is 10.2 Å². The van der Waals surface area contributed by atoms with E-state index in [-0.39, 0.29) is 11.2 Å². The lowest BCUT2D eigenvalue weighted by Crippen LogP contribution is -2.41. The van der Waals surface area contributed by atoms with Crippen LogP contribution in [0.5, 0.6) is 0 Å². The third-order valence-electron chi connectivity index (χ3n) is 4.32. The van der Waals surface area contributed by atoms with Crippen LogP contribution in [0.1, 0.15) is 24.1 Å². The van der Waals surface area contributed by atoms with Crippen molar-refractivity contribution in [2.45, 2.75) is 25.2 Å². The molecule has 2 heterocycles. The molecule has 1 aromatic carbocycles. The fraction of sp³-hybridized carbons (Fsp3) is 0.467. The van der Waals surface area contributed by atoms with Gasteiger partial charge in [-0.05, 0) is 43.5 Å². The summed E-state index contributed by atoms with van der Waals surface area (Å²) in [6.07, 6.45) is 1.85. The minimum Gasteiger partial charge on any atom is -0.381 e. The first kappa shape index (κ1) is 12.6. The highest BCUT2D eigenvalue weighted by Crippen LogP contribution is 2.40. The summed E-state index contributed by atoms with van der Waals surface area (Å²) in [4.78, 5) is 3.29. The minimum absolute atomic E-state index is 0.0432. The van der Waals surface area contributed by atoms with Gasteiger partial charge in [0.1, 0.15) is 5.82 Å². The van der Waals surface area contributed by atoms with Crippen LogP contribution in [0.2, 0.25) is 0 Å².